The van der Waals surface area contributed by atoms with E-state index in [2.05, 4.69) is 28.5 Å². The van der Waals surface area contributed by atoms with Crippen molar-refractivity contribution in [1.82, 2.24) is 0 Å². The molecule has 37 heavy (non-hydrogen) atoms. The molecule has 0 aliphatic heterocycles. The van der Waals surface area contributed by atoms with Gasteiger partial charge >= 0.3 is 11.9 Å². The molecule has 1 aromatic rings. The Morgan fingerprint density at radius 3 is 1.35 bits per heavy atom. The third-order valence-electron chi connectivity index (χ3n) is 6.62. The number of benzene rings is 1. The van der Waals surface area contributed by atoms with E-state index in [0.717, 1.165) is 63.2 Å². The molecule has 0 amide bonds. The van der Waals surface area contributed by atoms with Crippen molar-refractivity contribution in [3.63, 3.8) is 0 Å². The predicted octanol–water partition coefficient (Wildman–Crippen LogP) is 8.12. The highest BCUT2D eigenvalue weighted by molar-refractivity contribution is 5.69. The Morgan fingerprint density at radius 1 is 0.541 bits per heavy atom. The zero-order valence-corrected chi connectivity index (χ0v) is 23.8. The summed E-state index contributed by atoms with van der Waals surface area (Å²) in [4.78, 5) is 22.2. The van der Waals surface area contributed by atoms with Crippen LogP contribution in [0.15, 0.2) is 18.2 Å². The number of rotatable bonds is 24. The number of hydrogen-bond donors (Lipinski definition) is 0. The van der Waals surface area contributed by atoms with Crippen LogP contribution in [0.25, 0.3) is 0 Å². The minimum atomic E-state index is -0.102. The fraction of sp³-hybridized carbons (Fsp3) is 0.742. The van der Waals surface area contributed by atoms with Crippen LogP contribution in [-0.2, 0) is 19.1 Å². The highest BCUT2D eigenvalue weighted by atomic mass is 16.5. The monoisotopic (exact) mass is 520 g/mol. The highest BCUT2D eigenvalue weighted by Crippen LogP contribution is 2.29. The quantitative estimate of drug-likeness (QED) is 0.101. The Morgan fingerprint density at radius 2 is 0.919 bits per heavy atom. The maximum absolute atomic E-state index is 11.1. The van der Waals surface area contributed by atoms with E-state index in [1.165, 1.54) is 84.0 Å². The third-order valence-corrected chi connectivity index (χ3v) is 6.62. The van der Waals surface area contributed by atoms with E-state index in [0.29, 0.717) is 12.8 Å². The molecule has 0 radical (unpaired) electrons. The lowest BCUT2D eigenvalue weighted by Crippen LogP contribution is -2.03. The second kappa shape index (κ2) is 22.9. The van der Waals surface area contributed by atoms with E-state index in [-0.39, 0.29) is 11.9 Å². The molecule has 0 saturated carbocycles. The fourth-order valence-corrected chi connectivity index (χ4v) is 4.28. The molecule has 6 heteroatoms. The first-order chi connectivity index (χ1) is 18.1. The van der Waals surface area contributed by atoms with Crippen LogP contribution in [0.1, 0.15) is 121 Å². The Hall–Kier alpha value is -2.24. The molecule has 212 valence electrons. The van der Waals surface area contributed by atoms with Gasteiger partial charge in [0.2, 0.25) is 0 Å². The maximum atomic E-state index is 11.1. The summed E-state index contributed by atoms with van der Waals surface area (Å²) in [5.41, 5.74) is 1.18. The van der Waals surface area contributed by atoms with Crippen molar-refractivity contribution in [3.8, 4) is 11.5 Å². The van der Waals surface area contributed by atoms with E-state index in [1.54, 1.807) is 0 Å². The second-order valence-corrected chi connectivity index (χ2v) is 9.96. The normalized spacial score (nSPS) is 10.8. The van der Waals surface area contributed by atoms with Gasteiger partial charge in [-0.15, -0.1) is 0 Å². The summed E-state index contributed by atoms with van der Waals surface area (Å²) < 4.78 is 21.5. The first-order valence-electron chi connectivity index (χ1n) is 14.6. The number of unbranched alkanes of at least 4 members (excludes halogenated alkanes) is 14. The minimum absolute atomic E-state index is 0.102. The van der Waals surface area contributed by atoms with Crippen molar-refractivity contribution in [2.45, 2.75) is 122 Å². The first-order valence-corrected chi connectivity index (χ1v) is 14.6. The molecule has 0 aliphatic rings. The van der Waals surface area contributed by atoms with Crippen molar-refractivity contribution in [1.29, 1.82) is 0 Å². The minimum Gasteiger partial charge on any atom is -0.490 e. The van der Waals surface area contributed by atoms with E-state index in [9.17, 15) is 9.59 Å². The third kappa shape index (κ3) is 18.6. The molecule has 0 bridgehead atoms. The summed E-state index contributed by atoms with van der Waals surface area (Å²) in [5, 5.41) is 0. The van der Waals surface area contributed by atoms with Gasteiger partial charge in [-0.2, -0.15) is 0 Å². The van der Waals surface area contributed by atoms with Gasteiger partial charge in [0, 0.05) is 12.8 Å². The lowest BCUT2D eigenvalue weighted by Gasteiger charge is -2.13. The topological polar surface area (TPSA) is 71.1 Å². The van der Waals surface area contributed by atoms with Crippen molar-refractivity contribution in [3.05, 3.63) is 23.8 Å². The lowest BCUT2D eigenvalue weighted by atomic mass is 10.1. The van der Waals surface area contributed by atoms with Crippen LogP contribution in [0, 0.1) is 6.92 Å². The van der Waals surface area contributed by atoms with Gasteiger partial charge in [0.1, 0.15) is 0 Å². The van der Waals surface area contributed by atoms with Gasteiger partial charge in [-0.05, 0) is 50.3 Å². The van der Waals surface area contributed by atoms with Gasteiger partial charge in [-0.1, -0.05) is 83.1 Å². The van der Waals surface area contributed by atoms with Crippen LogP contribution >= 0.6 is 0 Å². The van der Waals surface area contributed by atoms with Crippen molar-refractivity contribution in [2.24, 2.45) is 0 Å². The van der Waals surface area contributed by atoms with Gasteiger partial charge in [-0.25, -0.2) is 0 Å². The van der Waals surface area contributed by atoms with E-state index < -0.39 is 0 Å². The van der Waals surface area contributed by atoms with Gasteiger partial charge < -0.3 is 18.9 Å². The Labute approximate surface area is 225 Å². The van der Waals surface area contributed by atoms with Gasteiger partial charge in [0.15, 0.2) is 11.5 Å². The number of carbonyl (C=O) groups excluding carboxylic acids is 2. The van der Waals surface area contributed by atoms with Crippen molar-refractivity contribution in [2.75, 3.05) is 27.4 Å². The fourth-order valence-electron chi connectivity index (χ4n) is 4.28. The molecule has 1 aromatic carbocycles. The Bertz CT molecular complexity index is 718. The molecule has 6 nitrogen and oxygen atoms in total. The summed E-state index contributed by atoms with van der Waals surface area (Å²) >= 11 is 0. The number of methoxy groups -OCH3 is 2. The summed E-state index contributed by atoms with van der Waals surface area (Å²) in [6.45, 7) is 3.52. The zero-order valence-electron chi connectivity index (χ0n) is 23.8. The standard InChI is InChI=1S/C31H52O6/c1-27-22-23-28(36-24-18-14-10-6-4-8-12-16-20-30(32)34-2)29(26-27)37-25-19-15-11-7-5-9-13-17-21-31(33)35-3/h22-23,26H,4-21,24-25H2,1-3H3. The van der Waals surface area contributed by atoms with Gasteiger partial charge in [0.05, 0.1) is 27.4 Å². The lowest BCUT2D eigenvalue weighted by molar-refractivity contribution is -0.141. The molecule has 0 spiro atoms. The first kappa shape index (κ1) is 32.8. The molecule has 0 N–H and O–H groups in total. The molecule has 0 unspecified atom stereocenters. The highest BCUT2D eigenvalue weighted by Gasteiger charge is 2.06. The SMILES string of the molecule is COC(=O)CCCCCCCCCCOc1ccc(C)cc1OCCCCCCCCCCC(=O)OC. The second-order valence-electron chi connectivity index (χ2n) is 9.96. The number of ether oxygens (including phenoxy) is 4. The van der Waals surface area contributed by atoms with Crippen LogP contribution in [0.4, 0.5) is 0 Å². The zero-order chi connectivity index (χ0) is 27.0. The Balaban J connectivity index is 2.05. The van der Waals surface area contributed by atoms with E-state index in [4.69, 9.17) is 9.47 Å². The Kier molecular flexibility index (Phi) is 20.3. The van der Waals surface area contributed by atoms with Crippen LogP contribution in [0.5, 0.6) is 11.5 Å². The average molecular weight is 521 g/mol. The number of carbonyl (C=O) groups is 2. The average Bonchev–Trinajstić information content (AvgIpc) is 2.90. The van der Waals surface area contributed by atoms with Gasteiger partial charge in [-0.3, -0.25) is 9.59 Å². The van der Waals surface area contributed by atoms with Crippen LogP contribution in [0.2, 0.25) is 0 Å². The molecule has 1 rings (SSSR count). The molecular weight excluding hydrogens is 468 g/mol. The van der Waals surface area contributed by atoms with E-state index in [1.807, 2.05) is 6.07 Å². The molecular formula is C31H52O6. The van der Waals surface area contributed by atoms with Crippen molar-refractivity contribution < 1.29 is 28.5 Å². The molecule has 0 aliphatic carbocycles. The number of esters is 2. The predicted molar refractivity (Wildman–Crippen MR) is 149 cm³/mol. The molecule has 0 fully saturated rings. The smallest absolute Gasteiger partial charge is 0.305 e. The summed E-state index contributed by atoms with van der Waals surface area (Å²) in [5.74, 6) is 1.51. The largest absolute Gasteiger partial charge is 0.490 e. The summed E-state index contributed by atoms with van der Waals surface area (Å²) in [6, 6.07) is 6.18. The summed E-state index contributed by atoms with van der Waals surface area (Å²) in [6.07, 6.45) is 19.4. The van der Waals surface area contributed by atoms with E-state index >= 15 is 0 Å². The summed E-state index contributed by atoms with van der Waals surface area (Å²) in [7, 11) is 2.90. The van der Waals surface area contributed by atoms with Crippen molar-refractivity contribution >= 4 is 11.9 Å². The number of hydrogen-bond acceptors (Lipinski definition) is 6. The molecule has 0 aromatic heterocycles. The number of aryl methyl sites for hydroxylation is 1. The van der Waals surface area contributed by atoms with Crippen LogP contribution in [0.3, 0.4) is 0 Å². The maximum Gasteiger partial charge on any atom is 0.305 e. The molecule has 0 atom stereocenters. The molecule has 0 saturated heterocycles. The van der Waals surface area contributed by atoms with Crippen LogP contribution < -0.4 is 9.47 Å². The van der Waals surface area contributed by atoms with Crippen LogP contribution in [-0.4, -0.2) is 39.4 Å². The molecule has 0 heterocycles. The van der Waals surface area contributed by atoms with Gasteiger partial charge in [0.25, 0.3) is 0 Å².